The van der Waals surface area contributed by atoms with Crippen molar-refractivity contribution in [2.75, 3.05) is 43.9 Å². The van der Waals surface area contributed by atoms with Crippen molar-refractivity contribution in [1.82, 2.24) is 24.8 Å². The van der Waals surface area contributed by atoms with Gasteiger partial charge in [-0.2, -0.15) is 15.2 Å². The lowest BCUT2D eigenvalue weighted by Crippen LogP contribution is -2.45. The second-order valence-corrected chi connectivity index (χ2v) is 13.9. The lowest BCUT2D eigenvalue weighted by atomic mass is 9.95. The maximum absolute atomic E-state index is 16.8. The van der Waals surface area contributed by atoms with Crippen LogP contribution in [0.25, 0.3) is 32.2 Å². The van der Waals surface area contributed by atoms with Crippen LogP contribution in [0.5, 0.6) is 6.01 Å². The molecular formula is C34H35F3N8O2S. The third-order valence-electron chi connectivity index (χ3n) is 10.3. The number of aromatic nitrogens is 3. The van der Waals surface area contributed by atoms with Crippen LogP contribution in [0, 0.1) is 23.0 Å². The average molecular weight is 677 g/mol. The maximum Gasteiger partial charge on any atom is 0.319 e. The third kappa shape index (κ3) is 5.02. The molecule has 0 aliphatic carbocycles. The van der Waals surface area contributed by atoms with Crippen LogP contribution < -0.4 is 15.4 Å². The predicted molar refractivity (Wildman–Crippen MR) is 179 cm³/mol. The summed E-state index contributed by atoms with van der Waals surface area (Å²) in [6.07, 6.45) is 5.17. The number of nitrogens with two attached hydrogens (primary N) is 1. The van der Waals surface area contributed by atoms with Crippen LogP contribution in [0.15, 0.2) is 31.0 Å². The van der Waals surface area contributed by atoms with E-state index in [0.717, 1.165) is 30.7 Å². The highest BCUT2D eigenvalue weighted by Crippen LogP contribution is 2.43. The zero-order chi connectivity index (χ0) is 33.9. The molecule has 0 radical (unpaired) electrons. The van der Waals surface area contributed by atoms with Crippen LogP contribution in [0.4, 0.5) is 24.0 Å². The molecule has 250 valence electrons. The Morgan fingerprint density at radius 3 is 2.90 bits per heavy atom. The number of rotatable bonds is 8. The quantitative estimate of drug-likeness (QED) is 0.238. The fourth-order valence-corrected chi connectivity index (χ4v) is 8.97. The van der Waals surface area contributed by atoms with Crippen LogP contribution in [-0.4, -0.2) is 87.7 Å². The summed E-state index contributed by atoms with van der Waals surface area (Å²) in [4.78, 5) is 32.3. The number of nitriles is 1. The molecule has 1 aromatic carbocycles. The number of fused-ring (bicyclic) bond motifs is 3. The number of halogens is 3. The number of amides is 1. The summed E-state index contributed by atoms with van der Waals surface area (Å²) >= 11 is 0.916. The van der Waals surface area contributed by atoms with E-state index < -0.39 is 23.3 Å². The molecule has 3 aromatic heterocycles. The highest BCUT2D eigenvalue weighted by atomic mass is 32.1. The van der Waals surface area contributed by atoms with E-state index in [2.05, 4.69) is 21.4 Å². The lowest BCUT2D eigenvalue weighted by Gasteiger charge is -2.34. The minimum Gasteiger partial charge on any atom is -0.461 e. The van der Waals surface area contributed by atoms with Gasteiger partial charge in [0, 0.05) is 43.7 Å². The van der Waals surface area contributed by atoms with Crippen molar-refractivity contribution in [3.63, 3.8) is 0 Å². The molecule has 2 N–H and O–H groups in total. The minimum absolute atomic E-state index is 0.0477. The van der Waals surface area contributed by atoms with Crippen LogP contribution in [0.1, 0.15) is 44.6 Å². The van der Waals surface area contributed by atoms with E-state index in [1.807, 2.05) is 24.9 Å². The first-order valence-electron chi connectivity index (χ1n) is 16.1. The number of nitrogen functional groups attached to an aromatic ring is 1. The summed E-state index contributed by atoms with van der Waals surface area (Å²) < 4.78 is 52.5. The highest BCUT2D eigenvalue weighted by molar-refractivity contribution is 7.23. The monoisotopic (exact) mass is 676 g/mol. The second kappa shape index (κ2) is 12.2. The van der Waals surface area contributed by atoms with Gasteiger partial charge in [-0.1, -0.05) is 13.5 Å². The van der Waals surface area contributed by atoms with Gasteiger partial charge in [0.25, 0.3) is 0 Å². The molecule has 3 aliphatic heterocycles. The molecule has 3 aliphatic rings. The molecule has 4 aromatic rings. The molecule has 10 nitrogen and oxygen atoms in total. The van der Waals surface area contributed by atoms with Gasteiger partial charge >= 0.3 is 6.01 Å². The Morgan fingerprint density at radius 2 is 2.15 bits per heavy atom. The number of carbonyl (C=O) groups excluding carboxylic acids is 1. The first-order valence-corrected chi connectivity index (χ1v) is 16.9. The van der Waals surface area contributed by atoms with E-state index >= 15 is 4.39 Å². The molecule has 0 saturated carbocycles. The van der Waals surface area contributed by atoms with Gasteiger partial charge in [-0.15, -0.1) is 11.3 Å². The summed E-state index contributed by atoms with van der Waals surface area (Å²) in [6.45, 7) is 7.45. The number of ether oxygens (including phenoxy) is 1. The first-order chi connectivity index (χ1) is 23.1. The largest absolute Gasteiger partial charge is 0.461 e. The Kier molecular flexibility index (Phi) is 8.15. The van der Waals surface area contributed by atoms with Gasteiger partial charge in [-0.25, -0.2) is 13.2 Å². The highest BCUT2D eigenvalue weighted by Gasteiger charge is 2.49. The molecule has 0 bridgehead atoms. The first kappa shape index (κ1) is 32.1. The van der Waals surface area contributed by atoms with Crippen LogP contribution >= 0.6 is 11.3 Å². The summed E-state index contributed by atoms with van der Waals surface area (Å²) in [5, 5.41) is 10.4. The molecule has 14 heteroatoms. The van der Waals surface area contributed by atoms with Crippen LogP contribution in [0.3, 0.4) is 0 Å². The fourth-order valence-electron chi connectivity index (χ4n) is 8.02. The van der Waals surface area contributed by atoms with E-state index in [0.29, 0.717) is 43.6 Å². The smallest absolute Gasteiger partial charge is 0.319 e. The Hall–Kier alpha value is -4.48. The Bertz CT molecular complexity index is 2000. The standard InChI is InChI=1S/C34H35F3N8O2S/c1-4-23-24(9-12-45(23)25(46)5-2)43(3)32-21-15-40-28(19-7-8-22(36)30-26(19)20(14-38)31(39)48-30)27(37)29(21)41-33(42-32)47-17-34-10-6-11-44(34)16-18(35)13-34/h5,7-8,15,18,23-24H,2,4,6,9-13,16-17,39H2,1,3H3/t18-,23+,24-,34+/m1/s1. The average Bonchev–Trinajstić information content (AvgIpc) is 3.84. The number of nitrogens with zero attached hydrogens (tertiary/aromatic N) is 7. The molecule has 4 atom stereocenters. The topological polar surface area (TPSA) is 125 Å². The molecule has 0 spiro atoms. The number of likely N-dealkylation sites (N-methyl/N-ethyl adjacent to an activating group) is 1. The molecule has 7 rings (SSSR count). The van der Waals surface area contributed by atoms with E-state index in [1.54, 1.807) is 4.90 Å². The van der Waals surface area contributed by atoms with Crippen molar-refractivity contribution in [3.05, 3.63) is 48.2 Å². The number of likely N-dealkylation sites (tertiary alicyclic amines) is 1. The molecule has 3 fully saturated rings. The zero-order valence-electron chi connectivity index (χ0n) is 26.7. The Morgan fingerprint density at radius 1 is 1.33 bits per heavy atom. The van der Waals surface area contributed by atoms with Crippen molar-refractivity contribution >= 4 is 49.1 Å². The van der Waals surface area contributed by atoms with Gasteiger partial charge in [0.1, 0.15) is 46.7 Å². The molecule has 1 amide bonds. The molecular weight excluding hydrogens is 641 g/mol. The van der Waals surface area contributed by atoms with Crippen molar-refractivity contribution in [1.29, 1.82) is 5.26 Å². The minimum atomic E-state index is -0.953. The van der Waals surface area contributed by atoms with Crippen molar-refractivity contribution in [2.24, 2.45) is 0 Å². The van der Waals surface area contributed by atoms with Gasteiger partial charge in [-0.05, 0) is 50.4 Å². The van der Waals surface area contributed by atoms with Crippen LogP contribution in [-0.2, 0) is 4.79 Å². The molecule has 6 heterocycles. The number of anilines is 2. The number of pyridine rings is 1. The summed E-state index contributed by atoms with van der Waals surface area (Å²) in [5.41, 5.74) is 5.60. The van der Waals surface area contributed by atoms with E-state index in [1.165, 1.54) is 24.4 Å². The van der Waals surface area contributed by atoms with E-state index in [-0.39, 0.29) is 68.0 Å². The maximum atomic E-state index is 16.8. The van der Waals surface area contributed by atoms with Gasteiger partial charge in [0.05, 0.1) is 33.3 Å². The number of benzene rings is 1. The summed E-state index contributed by atoms with van der Waals surface area (Å²) in [5.74, 6) is -1.18. The Labute approximate surface area is 279 Å². The van der Waals surface area contributed by atoms with Gasteiger partial charge in [0.2, 0.25) is 5.91 Å². The van der Waals surface area contributed by atoms with Gasteiger partial charge in [-0.3, -0.25) is 14.7 Å². The fraction of sp³-hybridized carbons (Fsp3) is 0.441. The lowest BCUT2D eigenvalue weighted by molar-refractivity contribution is -0.126. The third-order valence-corrected chi connectivity index (χ3v) is 11.3. The Balaban J connectivity index is 1.36. The number of hydrogen-bond acceptors (Lipinski definition) is 10. The van der Waals surface area contributed by atoms with Crippen LogP contribution in [0.2, 0.25) is 0 Å². The van der Waals surface area contributed by atoms with Crippen molar-refractivity contribution < 1.29 is 22.7 Å². The number of carbonyl (C=O) groups is 1. The zero-order valence-corrected chi connectivity index (χ0v) is 27.5. The number of thiophene rings is 1. The molecule has 48 heavy (non-hydrogen) atoms. The van der Waals surface area contributed by atoms with E-state index in [4.69, 9.17) is 15.5 Å². The number of hydrogen-bond donors (Lipinski definition) is 1. The van der Waals surface area contributed by atoms with Crippen molar-refractivity contribution in [2.45, 2.75) is 62.8 Å². The second-order valence-electron chi connectivity index (χ2n) is 12.8. The van der Waals surface area contributed by atoms with Crippen molar-refractivity contribution in [3.8, 4) is 23.3 Å². The van der Waals surface area contributed by atoms with E-state index in [9.17, 15) is 18.8 Å². The molecule has 0 unspecified atom stereocenters. The summed E-state index contributed by atoms with van der Waals surface area (Å²) in [7, 11) is 1.84. The predicted octanol–water partition coefficient (Wildman–Crippen LogP) is 5.60. The summed E-state index contributed by atoms with van der Waals surface area (Å²) in [6, 6.07) is 4.20. The van der Waals surface area contributed by atoms with Gasteiger partial charge < -0.3 is 20.3 Å². The number of alkyl halides is 1. The van der Waals surface area contributed by atoms with Gasteiger partial charge in [0.15, 0.2) is 5.82 Å². The SMILES string of the molecule is C=CC(=O)N1CC[C@@H](N(C)c2nc(OC[C@@]34CCCN3C[C@H](F)C4)nc3c(F)c(-c4ccc(F)c5sc(N)c(C#N)c45)ncc23)[C@@H]1CC. The normalized spacial score (nSPS) is 23.9. The molecule has 3 saturated heterocycles.